The molecule has 2 fully saturated rings. The number of carbonyl (C=O) groups excluding carboxylic acids is 1. The smallest absolute Gasteiger partial charge is 0.187 e. The number of carbonyl (C=O) groups is 1. The largest absolute Gasteiger partial charge is 0.292 e. The van der Waals surface area contributed by atoms with Gasteiger partial charge in [0.1, 0.15) is 5.69 Å². The van der Waals surface area contributed by atoms with Gasteiger partial charge < -0.3 is 0 Å². The molecular formula is C10H13N3O. The summed E-state index contributed by atoms with van der Waals surface area (Å²) in [5.74, 6) is 2.13. The van der Waals surface area contributed by atoms with Crippen LogP contribution >= 0.6 is 0 Å². The monoisotopic (exact) mass is 191 g/mol. The van der Waals surface area contributed by atoms with Crippen LogP contribution < -0.4 is 0 Å². The van der Waals surface area contributed by atoms with Crippen LogP contribution in [0.1, 0.15) is 29.8 Å². The number of aromatic nitrogens is 3. The molecule has 2 aliphatic carbocycles. The molecule has 3 rings (SSSR count). The molecule has 0 aromatic carbocycles. The van der Waals surface area contributed by atoms with Gasteiger partial charge in [-0.25, -0.2) is 0 Å². The quantitative estimate of drug-likeness (QED) is 0.656. The highest BCUT2D eigenvalue weighted by molar-refractivity contribution is 5.96. The van der Waals surface area contributed by atoms with Crippen molar-refractivity contribution >= 4 is 5.78 Å². The maximum absolute atomic E-state index is 11.9. The molecule has 2 unspecified atom stereocenters. The number of hydrogen-bond acceptors (Lipinski definition) is 3. The molecule has 0 spiro atoms. The Bertz CT molecular complexity index is 374. The molecule has 1 aromatic heterocycles. The Hall–Kier alpha value is -1.19. The number of ketones is 1. The van der Waals surface area contributed by atoms with Gasteiger partial charge in [0.2, 0.25) is 0 Å². The van der Waals surface area contributed by atoms with Gasteiger partial charge in [0.15, 0.2) is 5.78 Å². The van der Waals surface area contributed by atoms with Crippen molar-refractivity contribution in [3.63, 3.8) is 0 Å². The zero-order chi connectivity index (χ0) is 9.71. The predicted molar refractivity (Wildman–Crippen MR) is 49.7 cm³/mol. The minimum atomic E-state index is 0.199. The molecule has 0 amide bonds. The van der Waals surface area contributed by atoms with Crippen molar-refractivity contribution < 1.29 is 4.79 Å². The average Bonchev–Trinajstić information content (AvgIpc) is 2.64. The van der Waals surface area contributed by atoms with Crippen LogP contribution in [0.5, 0.6) is 0 Å². The molecule has 4 heteroatoms. The van der Waals surface area contributed by atoms with Gasteiger partial charge in [0, 0.05) is 13.0 Å². The van der Waals surface area contributed by atoms with Crippen molar-refractivity contribution in [1.82, 2.24) is 15.0 Å². The Morgan fingerprint density at radius 1 is 1.43 bits per heavy atom. The van der Waals surface area contributed by atoms with E-state index in [1.807, 2.05) is 0 Å². The van der Waals surface area contributed by atoms with E-state index in [2.05, 4.69) is 10.3 Å². The van der Waals surface area contributed by atoms with Gasteiger partial charge in [0.25, 0.3) is 0 Å². The van der Waals surface area contributed by atoms with E-state index in [4.69, 9.17) is 0 Å². The van der Waals surface area contributed by atoms with Gasteiger partial charge >= 0.3 is 0 Å². The maximum atomic E-state index is 11.9. The standard InChI is InChI=1S/C10H13N3O/c1-13-5-9(11-12-13)10(14)8-3-6-2-7(6)4-8/h5-8H,2-4H2,1H3. The first-order valence-electron chi connectivity index (χ1n) is 5.14. The van der Waals surface area contributed by atoms with E-state index in [0.29, 0.717) is 5.69 Å². The fourth-order valence-electron chi connectivity index (χ4n) is 2.60. The Labute approximate surface area is 82.3 Å². The number of nitrogens with zero attached hydrogens (tertiary/aromatic N) is 3. The minimum absolute atomic E-state index is 0.199. The third kappa shape index (κ3) is 1.17. The van der Waals surface area contributed by atoms with Gasteiger partial charge in [-0.2, -0.15) is 0 Å². The van der Waals surface area contributed by atoms with E-state index in [9.17, 15) is 4.79 Å². The molecule has 4 nitrogen and oxygen atoms in total. The van der Waals surface area contributed by atoms with Gasteiger partial charge in [0.05, 0.1) is 6.20 Å². The number of aryl methyl sites for hydroxylation is 1. The molecular weight excluding hydrogens is 178 g/mol. The fourth-order valence-corrected chi connectivity index (χ4v) is 2.60. The summed E-state index contributed by atoms with van der Waals surface area (Å²) < 4.78 is 1.59. The molecule has 0 N–H and O–H groups in total. The first-order chi connectivity index (χ1) is 6.74. The lowest BCUT2D eigenvalue weighted by molar-refractivity contribution is 0.0909. The first kappa shape index (κ1) is 8.15. The Morgan fingerprint density at radius 3 is 2.71 bits per heavy atom. The number of fused-ring (bicyclic) bond motifs is 1. The fraction of sp³-hybridized carbons (Fsp3) is 0.700. The Morgan fingerprint density at radius 2 is 2.14 bits per heavy atom. The Kier molecular flexibility index (Phi) is 1.54. The predicted octanol–water partition coefficient (Wildman–Crippen LogP) is 1.04. The Balaban J connectivity index is 1.76. The highest BCUT2D eigenvalue weighted by atomic mass is 16.1. The van der Waals surface area contributed by atoms with Crippen molar-refractivity contribution in [3.05, 3.63) is 11.9 Å². The van der Waals surface area contributed by atoms with Crippen LogP contribution in [-0.4, -0.2) is 20.8 Å². The normalized spacial score (nSPS) is 34.2. The van der Waals surface area contributed by atoms with Crippen LogP contribution in [0.15, 0.2) is 6.20 Å². The molecule has 1 heterocycles. The molecule has 0 radical (unpaired) electrons. The summed E-state index contributed by atoms with van der Waals surface area (Å²) in [5, 5.41) is 7.65. The molecule has 14 heavy (non-hydrogen) atoms. The van der Waals surface area contributed by atoms with Crippen molar-refractivity contribution in [2.45, 2.75) is 19.3 Å². The molecule has 2 atom stereocenters. The molecule has 2 saturated carbocycles. The second kappa shape index (κ2) is 2.65. The van der Waals surface area contributed by atoms with Crippen molar-refractivity contribution in [2.75, 3.05) is 0 Å². The molecule has 1 aromatic rings. The second-order valence-corrected chi connectivity index (χ2v) is 4.57. The number of rotatable bonds is 2. The zero-order valence-corrected chi connectivity index (χ0v) is 8.18. The lowest BCUT2D eigenvalue weighted by Gasteiger charge is -2.06. The van der Waals surface area contributed by atoms with E-state index in [-0.39, 0.29) is 11.7 Å². The average molecular weight is 191 g/mol. The highest BCUT2D eigenvalue weighted by Crippen LogP contribution is 2.54. The molecule has 0 saturated heterocycles. The molecule has 74 valence electrons. The van der Waals surface area contributed by atoms with Gasteiger partial charge in [-0.1, -0.05) is 5.21 Å². The van der Waals surface area contributed by atoms with Crippen LogP contribution in [0.2, 0.25) is 0 Å². The summed E-state index contributed by atoms with van der Waals surface area (Å²) in [6.07, 6.45) is 5.23. The lowest BCUT2D eigenvalue weighted by atomic mass is 9.97. The summed E-state index contributed by atoms with van der Waals surface area (Å²) in [4.78, 5) is 11.9. The highest BCUT2D eigenvalue weighted by Gasteiger charge is 2.48. The van der Waals surface area contributed by atoms with Gasteiger partial charge in [-0.3, -0.25) is 9.48 Å². The summed E-state index contributed by atoms with van der Waals surface area (Å²) in [5.41, 5.74) is 0.541. The zero-order valence-electron chi connectivity index (χ0n) is 8.18. The van der Waals surface area contributed by atoms with Crippen LogP contribution in [0.4, 0.5) is 0 Å². The summed E-state index contributed by atoms with van der Waals surface area (Å²) in [7, 11) is 1.79. The lowest BCUT2D eigenvalue weighted by Crippen LogP contribution is -2.13. The van der Waals surface area contributed by atoms with Crippen molar-refractivity contribution in [1.29, 1.82) is 0 Å². The van der Waals surface area contributed by atoms with E-state index < -0.39 is 0 Å². The summed E-state index contributed by atoms with van der Waals surface area (Å²) >= 11 is 0. The molecule has 0 bridgehead atoms. The van der Waals surface area contributed by atoms with E-state index in [1.54, 1.807) is 17.9 Å². The van der Waals surface area contributed by atoms with E-state index >= 15 is 0 Å². The van der Waals surface area contributed by atoms with Gasteiger partial charge in [-0.15, -0.1) is 5.10 Å². The van der Waals surface area contributed by atoms with Gasteiger partial charge in [-0.05, 0) is 31.1 Å². The number of Topliss-reactive ketones (excluding diaryl/α,β-unsaturated/α-hetero) is 1. The SMILES string of the molecule is Cn1cc(C(=O)C2CC3CC3C2)nn1. The first-order valence-corrected chi connectivity index (χ1v) is 5.14. The second-order valence-electron chi connectivity index (χ2n) is 4.57. The topological polar surface area (TPSA) is 47.8 Å². The third-order valence-corrected chi connectivity index (χ3v) is 3.47. The van der Waals surface area contributed by atoms with Crippen LogP contribution in [-0.2, 0) is 7.05 Å². The number of hydrogen-bond donors (Lipinski definition) is 0. The van der Waals surface area contributed by atoms with Crippen molar-refractivity contribution in [2.24, 2.45) is 24.8 Å². The molecule has 0 aliphatic heterocycles. The van der Waals surface area contributed by atoms with Crippen LogP contribution in [0.3, 0.4) is 0 Å². The van der Waals surface area contributed by atoms with E-state index in [0.717, 1.165) is 24.7 Å². The van der Waals surface area contributed by atoms with Crippen LogP contribution in [0.25, 0.3) is 0 Å². The third-order valence-electron chi connectivity index (χ3n) is 3.47. The van der Waals surface area contributed by atoms with E-state index in [1.165, 1.54) is 6.42 Å². The maximum Gasteiger partial charge on any atom is 0.187 e. The van der Waals surface area contributed by atoms with Crippen LogP contribution in [0, 0.1) is 17.8 Å². The molecule has 2 aliphatic rings. The summed E-state index contributed by atoms with van der Waals surface area (Å²) in [6, 6.07) is 0. The summed E-state index contributed by atoms with van der Waals surface area (Å²) in [6.45, 7) is 0. The minimum Gasteiger partial charge on any atom is -0.292 e. The van der Waals surface area contributed by atoms with Crippen molar-refractivity contribution in [3.8, 4) is 0 Å².